The summed E-state index contributed by atoms with van der Waals surface area (Å²) in [6.07, 6.45) is 4.21. The molecule has 4 N–H and O–H groups in total. The molecule has 1 aromatic rings. The lowest BCUT2D eigenvalue weighted by atomic mass is 9.73. The van der Waals surface area contributed by atoms with E-state index in [0.29, 0.717) is 12.8 Å². The maximum Gasteiger partial charge on any atom is 0.296 e. The van der Waals surface area contributed by atoms with Gasteiger partial charge in [0.1, 0.15) is 5.75 Å². The number of rotatable bonds is 4. The van der Waals surface area contributed by atoms with E-state index in [0.717, 1.165) is 19.3 Å². The summed E-state index contributed by atoms with van der Waals surface area (Å²) < 4.78 is 0. The van der Waals surface area contributed by atoms with E-state index in [4.69, 9.17) is 5.73 Å². The first-order chi connectivity index (χ1) is 10.00. The lowest BCUT2D eigenvalue weighted by molar-refractivity contribution is -0.384. The average molecular weight is 293 g/mol. The molecule has 0 spiro atoms. The highest BCUT2D eigenvalue weighted by Crippen LogP contribution is 2.39. The Labute approximate surface area is 122 Å². The number of nitro benzene ring substituents is 1. The van der Waals surface area contributed by atoms with Crippen LogP contribution < -0.4 is 11.1 Å². The first kappa shape index (κ1) is 15.2. The smallest absolute Gasteiger partial charge is 0.296 e. The minimum absolute atomic E-state index is 0.161. The number of benzene rings is 1. The number of hydrogen-bond donors (Lipinski definition) is 3. The molecule has 114 valence electrons. The third kappa shape index (κ3) is 2.97. The Morgan fingerprint density at radius 2 is 2.05 bits per heavy atom. The van der Waals surface area contributed by atoms with Crippen molar-refractivity contribution in [2.75, 3.05) is 11.9 Å². The van der Waals surface area contributed by atoms with E-state index in [1.807, 2.05) is 0 Å². The zero-order valence-corrected chi connectivity index (χ0v) is 11.7. The molecule has 1 saturated carbocycles. The second-order valence-corrected chi connectivity index (χ2v) is 5.43. The predicted molar refractivity (Wildman–Crippen MR) is 78.0 cm³/mol. The Morgan fingerprint density at radius 1 is 1.38 bits per heavy atom. The van der Waals surface area contributed by atoms with Crippen molar-refractivity contribution >= 4 is 17.3 Å². The Kier molecular flexibility index (Phi) is 4.42. The summed E-state index contributed by atoms with van der Waals surface area (Å²) in [7, 11) is 0. The van der Waals surface area contributed by atoms with Crippen LogP contribution in [0.25, 0.3) is 0 Å². The molecule has 7 heteroatoms. The molecule has 0 radical (unpaired) electrons. The van der Waals surface area contributed by atoms with Crippen LogP contribution in [-0.4, -0.2) is 22.5 Å². The number of phenols is 1. The molecule has 1 fully saturated rings. The number of nitrogens with zero attached hydrogens (tertiary/aromatic N) is 1. The van der Waals surface area contributed by atoms with Crippen molar-refractivity contribution < 1.29 is 14.8 Å². The summed E-state index contributed by atoms with van der Waals surface area (Å²) in [5, 5.41) is 23.3. The number of nitrogens with one attached hydrogen (secondary N) is 1. The number of aromatic hydroxyl groups is 1. The first-order valence-corrected chi connectivity index (χ1v) is 6.98. The van der Waals surface area contributed by atoms with E-state index in [1.54, 1.807) is 0 Å². The van der Waals surface area contributed by atoms with E-state index in [-0.39, 0.29) is 29.6 Å². The zero-order valence-electron chi connectivity index (χ0n) is 11.7. The van der Waals surface area contributed by atoms with E-state index in [1.165, 1.54) is 18.2 Å². The van der Waals surface area contributed by atoms with Gasteiger partial charge in [-0.15, -0.1) is 0 Å². The second kappa shape index (κ2) is 6.09. The highest BCUT2D eigenvalue weighted by molar-refractivity contribution is 5.98. The number of amides is 1. The van der Waals surface area contributed by atoms with Gasteiger partial charge in [0.25, 0.3) is 5.69 Å². The summed E-state index contributed by atoms with van der Waals surface area (Å²) in [5.41, 5.74) is 4.58. The highest BCUT2D eigenvalue weighted by atomic mass is 16.6. The van der Waals surface area contributed by atoms with Crippen LogP contribution in [0.1, 0.15) is 32.1 Å². The number of anilines is 1. The molecule has 0 bridgehead atoms. The number of para-hydroxylation sites is 1. The number of nitro groups is 1. The Balaban J connectivity index is 2.29. The van der Waals surface area contributed by atoms with Gasteiger partial charge in [0, 0.05) is 12.6 Å². The van der Waals surface area contributed by atoms with Crippen LogP contribution in [0, 0.1) is 15.5 Å². The highest BCUT2D eigenvalue weighted by Gasteiger charge is 2.39. The van der Waals surface area contributed by atoms with Crippen LogP contribution in [0.4, 0.5) is 11.4 Å². The van der Waals surface area contributed by atoms with Gasteiger partial charge >= 0.3 is 0 Å². The normalized spacial score (nSPS) is 17.2. The van der Waals surface area contributed by atoms with Gasteiger partial charge in [-0.3, -0.25) is 14.9 Å². The molecule has 1 amide bonds. The van der Waals surface area contributed by atoms with E-state index >= 15 is 0 Å². The summed E-state index contributed by atoms with van der Waals surface area (Å²) >= 11 is 0. The second-order valence-electron chi connectivity index (χ2n) is 5.43. The molecule has 1 aliphatic carbocycles. The largest absolute Gasteiger partial charge is 0.505 e. The van der Waals surface area contributed by atoms with Crippen LogP contribution >= 0.6 is 0 Å². The molecule has 21 heavy (non-hydrogen) atoms. The molecule has 0 aliphatic heterocycles. The van der Waals surface area contributed by atoms with Gasteiger partial charge in [0.15, 0.2) is 5.69 Å². The number of nitrogens with two attached hydrogens (primary N) is 1. The Morgan fingerprint density at radius 3 is 2.62 bits per heavy atom. The topological polar surface area (TPSA) is 118 Å². The summed E-state index contributed by atoms with van der Waals surface area (Å²) in [6, 6.07) is 3.91. The van der Waals surface area contributed by atoms with Crippen LogP contribution in [-0.2, 0) is 4.79 Å². The minimum atomic E-state index is -0.700. The van der Waals surface area contributed by atoms with Gasteiger partial charge in [-0.2, -0.15) is 0 Å². The van der Waals surface area contributed by atoms with Gasteiger partial charge in [0.2, 0.25) is 5.91 Å². The molecule has 2 rings (SSSR count). The van der Waals surface area contributed by atoms with Gasteiger partial charge in [-0.1, -0.05) is 25.3 Å². The summed E-state index contributed by atoms with van der Waals surface area (Å²) in [6.45, 7) is 0.195. The average Bonchev–Trinajstić information content (AvgIpc) is 2.49. The van der Waals surface area contributed by atoms with Gasteiger partial charge in [-0.25, -0.2) is 0 Å². The standard InChI is InChI=1S/C14H19N3O4/c15-9-14(7-2-1-3-8-14)13(19)16-12-10(17(20)21)5-4-6-11(12)18/h4-6,18H,1-3,7-9,15H2,(H,16,19). The summed E-state index contributed by atoms with van der Waals surface area (Å²) in [5.74, 6) is -0.671. The molecule has 0 aromatic heterocycles. The molecular formula is C14H19N3O4. The fourth-order valence-corrected chi connectivity index (χ4v) is 2.81. The molecule has 0 heterocycles. The predicted octanol–water partition coefficient (Wildman–Crippen LogP) is 2.15. The SMILES string of the molecule is NCC1(C(=O)Nc2c(O)cccc2[N+](=O)[O-])CCCCC1. The van der Waals surface area contributed by atoms with Crippen LogP contribution in [0.3, 0.4) is 0 Å². The van der Waals surface area contributed by atoms with E-state index in [2.05, 4.69) is 5.32 Å². The summed E-state index contributed by atoms with van der Waals surface area (Å²) in [4.78, 5) is 22.9. The van der Waals surface area contributed by atoms with Crippen molar-refractivity contribution in [2.24, 2.45) is 11.1 Å². The van der Waals surface area contributed by atoms with Crippen molar-refractivity contribution in [1.82, 2.24) is 0 Å². The first-order valence-electron chi connectivity index (χ1n) is 6.98. The number of carbonyl (C=O) groups excluding carboxylic acids is 1. The van der Waals surface area contributed by atoms with Gasteiger partial charge in [0.05, 0.1) is 10.3 Å². The van der Waals surface area contributed by atoms with Crippen molar-refractivity contribution in [3.05, 3.63) is 28.3 Å². The number of phenolic OH excluding ortho intramolecular Hbond substituents is 1. The van der Waals surface area contributed by atoms with E-state index < -0.39 is 10.3 Å². The van der Waals surface area contributed by atoms with E-state index in [9.17, 15) is 20.0 Å². The Bertz CT molecular complexity index is 553. The maximum atomic E-state index is 12.5. The van der Waals surface area contributed by atoms with Crippen LogP contribution in [0.15, 0.2) is 18.2 Å². The van der Waals surface area contributed by atoms with Crippen LogP contribution in [0.2, 0.25) is 0 Å². The lowest BCUT2D eigenvalue weighted by Crippen LogP contribution is -2.43. The van der Waals surface area contributed by atoms with Crippen LogP contribution in [0.5, 0.6) is 5.75 Å². The third-order valence-electron chi connectivity index (χ3n) is 4.14. The van der Waals surface area contributed by atoms with Crippen molar-refractivity contribution in [3.8, 4) is 5.75 Å². The Hall–Kier alpha value is -2.15. The van der Waals surface area contributed by atoms with Crippen molar-refractivity contribution in [1.29, 1.82) is 0 Å². The number of hydrogen-bond acceptors (Lipinski definition) is 5. The lowest BCUT2D eigenvalue weighted by Gasteiger charge is -2.34. The number of carbonyl (C=O) groups is 1. The molecular weight excluding hydrogens is 274 g/mol. The molecule has 7 nitrogen and oxygen atoms in total. The maximum absolute atomic E-state index is 12.5. The fraction of sp³-hybridized carbons (Fsp3) is 0.500. The minimum Gasteiger partial charge on any atom is -0.505 e. The molecule has 0 atom stereocenters. The monoisotopic (exact) mass is 293 g/mol. The molecule has 0 saturated heterocycles. The van der Waals surface area contributed by atoms with Gasteiger partial charge < -0.3 is 16.2 Å². The molecule has 0 unspecified atom stereocenters. The van der Waals surface area contributed by atoms with Crippen molar-refractivity contribution in [3.63, 3.8) is 0 Å². The third-order valence-corrected chi connectivity index (χ3v) is 4.14. The fourth-order valence-electron chi connectivity index (χ4n) is 2.81. The zero-order chi connectivity index (χ0) is 15.5. The van der Waals surface area contributed by atoms with Crippen molar-refractivity contribution in [2.45, 2.75) is 32.1 Å². The molecule has 1 aromatic carbocycles. The van der Waals surface area contributed by atoms with Gasteiger partial charge in [-0.05, 0) is 18.9 Å². The quantitative estimate of drug-likeness (QED) is 0.446. The molecule has 1 aliphatic rings.